The first-order valence-corrected chi connectivity index (χ1v) is 5.50. The molecule has 0 unspecified atom stereocenters. The molecule has 94 valence electrons. The van der Waals surface area contributed by atoms with E-state index in [1.165, 1.54) is 12.1 Å². The normalized spacial score (nSPS) is 10.4. The van der Waals surface area contributed by atoms with Crippen molar-refractivity contribution < 1.29 is 19.3 Å². The van der Waals surface area contributed by atoms with E-state index >= 15 is 0 Å². The van der Waals surface area contributed by atoms with Gasteiger partial charge in [0.2, 0.25) is 0 Å². The van der Waals surface area contributed by atoms with Gasteiger partial charge < -0.3 is 14.9 Å². The van der Waals surface area contributed by atoms with Crippen LogP contribution in [0.25, 0.3) is 0 Å². The topological polar surface area (TPSA) is 49.7 Å². The minimum Gasteiger partial charge on any atom is -0.454 e. The number of benzene rings is 2. The van der Waals surface area contributed by atoms with Crippen LogP contribution in [0.1, 0.15) is 11.1 Å². The van der Waals surface area contributed by atoms with Crippen molar-refractivity contribution in [3.8, 4) is 11.5 Å². The number of rotatable bonds is 4. The van der Waals surface area contributed by atoms with Crippen molar-refractivity contribution in [2.75, 3.05) is 0 Å². The smallest absolute Gasteiger partial charge is 0.168 e. The van der Waals surface area contributed by atoms with Crippen LogP contribution < -0.4 is 4.74 Å². The molecule has 2 N–H and O–H groups in total. The van der Waals surface area contributed by atoms with E-state index in [0.717, 1.165) is 5.56 Å². The van der Waals surface area contributed by atoms with E-state index in [1.807, 2.05) is 0 Å². The van der Waals surface area contributed by atoms with Gasteiger partial charge in [-0.05, 0) is 23.8 Å². The zero-order valence-electron chi connectivity index (χ0n) is 9.64. The molecule has 0 radical (unpaired) electrons. The van der Waals surface area contributed by atoms with E-state index in [2.05, 4.69) is 0 Å². The van der Waals surface area contributed by atoms with Crippen molar-refractivity contribution in [1.29, 1.82) is 0 Å². The second-order valence-electron chi connectivity index (χ2n) is 3.79. The molecule has 2 aromatic rings. The van der Waals surface area contributed by atoms with Crippen LogP contribution in [0, 0.1) is 5.82 Å². The van der Waals surface area contributed by atoms with Crippen molar-refractivity contribution in [3.05, 3.63) is 59.4 Å². The molecule has 0 saturated carbocycles. The van der Waals surface area contributed by atoms with E-state index in [0.29, 0.717) is 11.3 Å². The van der Waals surface area contributed by atoms with Crippen molar-refractivity contribution in [1.82, 2.24) is 0 Å². The van der Waals surface area contributed by atoms with Gasteiger partial charge in [-0.25, -0.2) is 4.39 Å². The first-order chi connectivity index (χ1) is 8.74. The van der Waals surface area contributed by atoms with Gasteiger partial charge in [0.1, 0.15) is 5.75 Å². The quantitative estimate of drug-likeness (QED) is 0.874. The summed E-state index contributed by atoms with van der Waals surface area (Å²) in [5.74, 6) is -0.0449. The fraction of sp³-hybridized carbons (Fsp3) is 0.143. The van der Waals surface area contributed by atoms with Crippen LogP contribution in [0.3, 0.4) is 0 Å². The first kappa shape index (κ1) is 12.5. The van der Waals surface area contributed by atoms with Crippen LogP contribution in [0.5, 0.6) is 11.5 Å². The lowest BCUT2D eigenvalue weighted by molar-refractivity contribution is 0.274. The van der Waals surface area contributed by atoms with Gasteiger partial charge in [-0.3, -0.25) is 0 Å². The molecule has 2 rings (SSSR count). The number of aliphatic hydroxyl groups is 2. The molecule has 0 fully saturated rings. The van der Waals surface area contributed by atoms with Gasteiger partial charge in [0.05, 0.1) is 13.2 Å². The summed E-state index contributed by atoms with van der Waals surface area (Å²) in [4.78, 5) is 0. The third kappa shape index (κ3) is 2.67. The maximum Gasteiger partial charge on any atom is 0.168 e. The lowest BCUT2D eigenvalue weighted by atomic mass is 10.2. The summed E-state index contributed by atoms with van der Waals surface area (Å²) in [5.41, 5.74) is 1.14. The minimum absolute atomic E-state index is 0.0248. The van der Waals surface area contributed by atoms with Crippen molar-refractivity contribution in [3.63, 3.8) is 0 Å². The van der Waals surface area contributed by atoms with E-state index in [9.17, 15) is 4.39 Å². The van der Waals surface area contributed by atoms with Crippen LogP contribution >= 0.6 is 0 Å². The predicted molar refractivity (Wildman–Crippen MR) is 64.8 cm³/mol. The Bertz CT molecular complexity index is 523. The highest BCUT2D eigenvalue weighted by atomic mass is 19.1. The Morgan fingerprint density at radius 2 is 1.67 bits per heavy atom. The molecular weight excluding hydrogens is 235 g/mol. The highest BCUT2D eigenvalue weighted by Crippen LogP contribution is 2.28. The van der Waals surface area contributed by atoms with E-state index in [-0.39, 0.29) is 19.0 Å². The number of halogens is 1. The summed E-state index contributed by atoms with van der Waals surface area (Å²) in [6.45, 7) is -0.344. The molecule has 0 aromatic heterocycles. The molecular formula is C14H13FO3. The van der Waals surface area contributed by atoms with Gasteiger partial charge >= 0.3 is 0 Å². The van der Waals surface area contributed by atoms with Crippen molar-refractivity contribution >= 4 is 0 Å². The number of hydrogen-bond acceptors (Lipinski definition) is 3. The van der Waals surface area contributed by atoms with Crippen LogP contribution in [-0.4, -0.2) is 10.2 Å². The molecule has 0 amide bonds. The molecule has 0 aliphatic carbocycles. The van der Waals surface area contributed by atoms with E-state index in [4.69, 9.17) is 14.9 Å². The van der Waals surface area contributed by atoms with Crippen LogP contribution in [0.15, 0.2) is 42.5 Å². The molecule has 0 spiro atoms. The monoisotopic (exact) mass is 248 g/mol. The van der Waals surface area contributed by atoms with E-state index in [1.54, 1.807) is 30.3 Å². The minimum atomic E-state index is -0.521. The second kappa shape index (κ2) is 5.62. The van der Waals surface area contributed by atoms with Crippen LogP contribution in [-0.2, 0) is 13.2 Å². The predicted octanol–water partition coefficient (Wildman–Crippen LogP) is 2.60. The zero-order chi connectivity index (χ0) is 13.0. The number of para-hydroxylation sites is 1. The van der Waals surface area contributed by atoms with Gasteiger partial charge in [0, 0.05) is 5.56 Å². The van der Waals surface area contributed by atoms with Gasteiger partial charge in [0.25, 0.3) is 0 Å². The summed E-state index contributed by atoms with van der Waals surface area (Å²) in [5, 5.41) is 18.0. The zero-order valence-corrected chi connectivity index (χ0v) is 9.64. The maximum absolute atomic E-state index is 13.6. The average molecular weight is 248 g/mol. The maximum atomic E-state index is 13.6. The summed E-state index contributed by atoms with van der Waals surface area (Å²) in [6, 6.07) is 11.0. The standard InChI is InChI=1S/C14H13FO3/c15-13-3-1-2-11(9-17)14(13)18-12-6-4-10(8-16)5-7-12/h1-7,16-17H,8-9H2. The molecule has 4 heteroatoms. The summed E-state index contributed by atoms with van der Waals surface area (Å²) < 4.78 is 19.0. The Hall–Kier alpha value is -1.91. The fourth-order valence-electron chi connectivity index (χ4n) is 1.57. The van der Waals surface area contributed by atoms with Gasteiger partial charge in [-0.15, -0.1) is 0 Å². The number of aliphatic hydroxyl groups excluding tert-OH is 2. The average Bonchev–Trinajstić information content (AvgIpc) is 2.42. The van der Waals surface area contributed by atoms with Gasteiger partial charge in [-0.2, -0.15) is 0 Å². The van der Waals surface area contributed by atoms with Gasteiger partial charge in [-0.1, -0.05) is 24.3 Å². The lowest BCUT2D eigenvalue weighted by Gasteiger charge is -2.10. The summed E-state index contributed by atoms with van der Waals surface area (Å²) in [6.07, 6.45) is 0. The SMILES string of the molecule is OCc1ccc(Oc2c(F)cccc2CO)cc1. The largest absolute Gasteiger partial charge is 0.454 e. The fourth-order valence-corrected chi connectivity index (χ4v) is 1.57. The summed E-state index contributed by atoms with van der Waals surface area (Å²) >= 11 is 0. The highest BCUT2D eigenvalue weighted by molar-refractivity contribution is 5.39. The lowest BCUT2D eigenvalue weighted by Crippen LogP contribution is -1.95. The number of hydrogen-bond donors (Lipinski definition) is 2. The molecule has 0 saturated heterocycles. The van der Waals surface area contributed by atoms with Crippen LogP contribution in [0.4, 0.5) is 4.39 Å². The molecule has 0 bridgehead atoms. The molecule has 18 heavy (non-hydrogen) atoms. The third-order valence-corrected chi connectivity index (χ3v) is 2.54. The molecule has 2 aromatic carbocycles. The van der Waals surface area contributed by atoms with E-state index < -0.39 is 5.82 Å². The molecule has 3 nitrogen and oxygen atoms in total. The molecule has 0 aliphatic rings. The Balaban J connectivity index is 2.27. The van der Waals surface area contributed by atoms with Crippen molar-refractivity contribution in [2.45, 2.75) is 13.2 Å². The second-order valence-corrected chi connectivity index (χ2v) is 3.79. The summed E-state index contributed by atoms with van der Waals surface area (Å²) in [7, 11) is 0. The third-order valence-electron chi connectivity index (χ3n) is 2.54. The Kier molecular flexibility index (Phi) is 3.92. The highest BCUT2D eigenvalue weighted by Gasteiger charge is 2.10. The first-order valence-electron chi connectivity index (χ1n) is 5.50. The van der Waals surface area contributed by atoms with Crippen LogP contribution in [0.2, 0.25) is 0 Å². The Labute approximate surface area is 104 Å². The Morgan fingerprint density at radius 3 is 2.28 bits per heavy atom. The van der Waals surface area contributed by atoms with Gasteiger partial charge in [0.15, 0.2) is 11.6 Å². The molecule has 0 heterocycles. The Morgan fingerprint density at radius 1 is 0.944 bits per heavy atom. The molecule has 0 aliphatic heterocycles. The molecule has 0 atom stereocenters. The number of ether oxygens (including phenoxy) is 1. The van der Waals surface area contributed by atoms with Crippen molar-refractivity contribution in [2.24, 2.45) is 0 Å².